The maximum absolute atomic E-state index is 13.3. The third-order valence-electron chi connectivity index (χ3n) is 5.11. The lowest BCUT2D eigenvalue weighted by atomic mass is 10.0. The summed E-state index contributed by atoms with van der Waals surface area (Å²) in [4.78, 5) is 20.6. The summed E-state index contributed by atoms with van der Waals surface area (Å²) in [6.07, 6.45) is 2.92. The number of nitrogens with zero attached hydrogens (tertiary/aromatic N) is 4. The number of hydrogen-bond acceptors (Lipinski definition) is 6. The molecular formula is C25H28F3N5O2. The summed E-state index contributed by atoms with van der Waals surface area (Å²) < 4.78 is 46.1. The fourth-order valence-electron chi connectivity index (χ4n) is 3.39. The Kier molecular flexibility index (Phi) is 8.62. The number of hydrogen-bond donors (Lipinski definition) is 1. The maximum atomic E-state index is 13.3. The molecule has 35 heavy (non-hydrogen) atoms. The van der Waals surface area contributed by atoms with Crippen LogP contribution in [0, 0.1) is 6.92 Å². The summed E-state index contributed by atoms with van der Waals surface area (Å²) in [5.74, 6) is 0.0615. The van der Waals surface area contributed by atoms with Crippen LogP contribution in [0.5, 0.6) is 0 Å². The van der Waals surface area contributed by atoms with Gasteiger partial charge in [0.1, 0.15) is 0 Å². The molecule has 0 spiro atoms. The third-order valence-corrected chi connectivity index (χ3v) is 5.11. The van der Waals surface area contributed by atoms with Gasteiger partial charge in [0.15, 0.2) is 11.5 Å². The van der Waals surface area contributed by atoms with Crippen molar-refractivity contribution in [3.05, 3.63) is 59.6 Å². The molecule has 0 aliphatic heterocycles. The van der Waals surface area contributed by atoms with Crippen molar-refractivity contribution in [1.82, 2.24) is 19.7 Å². The van der Waals surface area contributed by atoms with Crippen LogP contribution in [-0.4, -0.2) is 38.9 Å². The fourth-order valence-corrected chi connectivity index (χ4v) is 3.39. The third kappa shape index (κ3) is 6.91. The lowest BCUT2D eigenvalue weighted by molar-refractivity contribution is -0.141. The second kappa shape index (κ2) is 11.6. The number of aryl methyl sites for hydroxylation is 1. The molecule has 0 unspecified atom stereocenters. The van der Waals surface area contributed by atoms with Crippen molar-refractivity contribution in [1.29, 1.82) is 0 Å². The topological polar surface area (TPSA) is 81.9 Å². The van der Waals surface area contributed by atoms with Crippen LogP contribution in [0.3, 0.4) is 0 Å². The van der Waals surface area contributed by atoms with Gasteiger partial charge in [0.25, 0.3) is 0 Å². The van der Waals surface area contributed by atoms with Crippen LogP contribution in [-0.2, 0) is 15.7 Å². The smallest absolute Gasteiger partial charge is 0.435 e. The van der Waals surface area contributed by atoms with Gasteiger partial charge in [-0.2, -0.15) is 23.3 Å². The standard InChI is InChI=1S/C25H28F3N5O2/c1-4-6-7-13-29-24-30-16-20(19-10-8-9-18(15-19)11-12-22(34)35-5-2)23(31-24)33-17(3)14-21(32-33)25(26,27)28/h8-12,14-16H,4-7,13H2,1-3H3,(H,29,30,31)/b12-11+. The first-order valence-corrected chi connectivity index (χ1v) is 11.4. The van der Waals surface area contributed by atoms with Gasteiger partial charge in [-0.3, -0.25) is 0 Å². The maximum Gasteiger partial charge on any atom is 0.435 e. The molecular weight excluding hydrogens is 459 g/mol. The van der Waals surface area contributed by atoms with Crippen LogP contribution in [0.2, 0.25) is 0 Å². The molecule has 3 aromatic rings. The van der Waals surface area contributed by atoms with Crippen molar-refractivity contribution < 1.29 is 22.7 Å². The summed E-state index contributed by atoms with van der Waals surface area (Å²) in [6.45, 7) is 6.27. The van der Waals surface area contributed by atoms with Gasteiger partial charge in [-0.1, -0.05) is 38.0 Å². The number of ether oxygens (including phenoxy) is 1. The Bertz CT molecular complexity index is 1190. The zero-order valence-corrected chi connectivity index (χ0v) is 19.9. The van der Waals surface area contributed by atoms with Gasteiger partial charge in [-0.25, -0.2) is 14.5 Å². The van der Waals surface area contributed by atoms with Crippen LogP contribution in [0.4, 0.5) is 19.1 Å². The molecule has 0 aliphatic rings. The number of alkyl halides is 3. The molecule has 186 valence electrons. The Hall–Kier alpha value is -3.69. The van der Waals surface area contributed by atoms with E-state index >= 15 is 0 Å². The molecule has 0 atom stereocenters. The van der Waals surface area contributed by atoms with Gasteiger partial charge in [0.2, 0.25) is 5.95 Å². The molecule has 7 nitrogen and oxygen atoms in total. The monoisotopic (exact) mass is 487 g/mol. The van der Waals surface area contributed by atoms with E-state index in [1.54, 1.807) is 50.4 Å². The van der Waals surface area contributed by atoms with Crippen molar-refractivity contribution in [3.63, 3.8) is 0 Å². The number of carbonyl (C=O) groups is 1. The lowest BCUT2D eigenvalue weighted by Crippen LogP contribution is -2.12. The average Bonchev–Trinajstić information content (AvgIpc) is 3.23. The SMILES string of the molecule is CCCCCNc1ncc(-c2cccc(/C=C/C(=O)OCC)c2)c(-n2nc(C(F)(F)F)cc2C)n1. The molecule has 1 aromatic carbocycles. The molecule has 0 amide bonds. The second-order valence-electron chi connectivity index (χ2n) is 7.86. The lowest BCUT2D eigenvalue weighted by Gasteiger charge is -2.13. The molecule has 0 saturated heterocycles. The van der Waals surface area contributed by atoms with Crippen LogP contribution in [0.1, 0.15) is 50.1 Å². The highest BCUT2D eigenvalue weighted by atomic mass is 19.4. The van der Waals surface area contributed by atoms with Crippen molar-refractivity contribution in [3.8, 4) is 16.9 Å². The van der Waals surface area contributed by atoms with Crippen molar-refractivity contribution in [2.45, 2.75) is 46.2 Å². The highest BCUT2D eigenvalue weighted by Crippen LogP contribution is 2.32. The number of carbonyl (C=O) groups excluding carboxylic acids is 1. The molecule has 0 saturated carbocycles. The van der Waals surface area contributed by atoms with Gasteiger partial charge in [-0.05, 0) is 49.6 Å². The van der Waals surface area contributed by atoms with Gasteiger partial charge < -0.3 is 10.1 Å². The van der Waals surface area contributed by atoms with Crippen molar-refractivity contribution in [2.24, 2.45) is 0 Å². The molecule has 1 N–H and O–H groups in total. The minimum atomic E-state index is -4.58. The fraction of sp³-hybridized carbons (Fsp3) is 0.360. The first-order valence-electron chi connectivity index (χ1n) is 11.4. The van der Waals surface area contributed by atoms with E-state index in [1.807, 2.05) is 0 Å². The highest BCUT2D eigenvalue weighted by molar-refractivity contribution is 5.87. The summed E-state index contributed by atoms with van der Waals surface area (Å²) in [5, 5.41) is 6.92. The summed E-state index contributed by atoms with van der Waals surface area (Å²) in [5.41, 5.74) is 1.15. The second-order valence-corrected chi connectivity index (χ2v) is 7.86. The first-order chi connectivity index (χ1) is 16.7. The quantitative estimate of drug-likeness (QED) is 0.220. The number of unbranched alkanes of at least 4 members (excludes halogenated alkanes) is 2. The van der Waals surface area contributed by atoms with Gasteiger partial charge in [-0.15, -0.1) is 0 Å². The number of anilines is 1. The Morgan fingerprint density at radius 2 is 2.00 bits per heavy atom. The molecule has 2 aromatic heterocycles. The van der Waals surface area contributed by atoms with Gasteiger partial charge in [0.05, 0.1) is 6.61 Å². The van der Waals surface area contributed by atoms with Gasteiger partial charge in [0, 0.05) is 30.1 Å². The van der Waals surface area contributed by atoms with E-state index in [2.05, 4.69) is 27.3 Å². The predicted octanol–water partition coefficient (Wildman–Crippen LogP) is 5.83. The molecule has 0 fully saturated rings. The Morgan fingerprint density at radius 3 is 2.69 bits per heavy atom. The Balaban J connectivity index is 2.04. The predicted molar refractivity (Wildman–Crippen MR) is 128 cm³/mol. The Morgan fingerprint density at radius 1 is 1.20 bits per heavy atom. The zero-order chi connectivity index (χ0) is 25.4. The normalized spacial score (nSPS) is 11.7. The molecule has 10 heteroatoms. The van der Waals surface area contributed by atoms with E-state index < -0.39 is 17.8 Å². The van der Waals surface area contributed by atoms with Crippen molar-refractivity contribution in [2.75, 3.05) is 18.5 Å². The molecule has 0 aliphatic carbocycles. The number of benzene rings is 1. The summed E-state index contributed by atoms with van der Waals surface area (Å²) >= 11 is 0. The largest absolute Gasteiger partial charge is 0.463 e. The van der Waals surface area contributed by atoms with Crippen LogP contribution < -0.4 is 5.32 Å². The van der Waals surface area contributed by atoms with E-state index in [1.165, 1.54) is 10.8 Å². The van der Waals surface area contributed by atoms with Crippen LogP contribution >= 0.6 is 0 Å². The van der Waals surface area contributed by atoms with E-state index in [9.17, 15) is 18.0 Å². The van der Waals surface area contributed by atoms with E-state index in [-0.39, 0.29) is 18.1 Å². The van der Waals surface area contributed by atoms with E-state index in [4.69, 9.17) is 4.74 Å². The average molecular weight is 488 g/mol. The Labute approximate surface area is 202 Å². The van der Waals surface area contributed by atoms with E-state index in [0.29, 0.717) is 29.2 Å². The summed E-state index contributed by atoms with van der Waals surface area (Å²) in [6, 6.07) is 8.14. The number of nitrogens with one attached hydrogen (secondary N) is 1. The number of halogens is 3. The molecule has 0 radical (unpaired) electrons. The number of esters is 1. The molecule has 0 bridgehead atoms. The van der Waals surface area contributed by atoms with Crippen LogP contribution in [0.25, 0.3) is 23.0 Å². The summed E-state index contributed by atoms with van der Waals surface area (Å²) in [7, 11) is 0. The minimum absolute atomic E-state index is 0.220. The zero-order valence-electron chi connectivity index (χ0n) is 19.9. The minimum Gasteiger partial charge on any atom is -0.463 e. The molecule has 3 rings (SSSR count). The first kappa shape index (κ1) is 25.9. The number of rotatable bonds is 10. The van der Waals surface area contributed by atoms with Gasteiger partial charge >= 0.3 is 12.1 Å². The molecule has 2 heterocycles. The van der Waals surface area contributed by atoms with E-state index in [0.717, 1.165) is 25.3 Å². The van der Waals surface area contributed by atoms with Crippen molar-refractivity contribution >= 4 is 18.0 Å². The highest BCUT2D eigenvalue weighted by Gasteiger charge is 2.35. The number of aromatic nitrogens is 4. The van der Waals surface area contributed by atoms with Crippen LogP contribution in [0.15, 0.2) is 42.6 Å².